The number of anilines is 1. The van der Waals surface area contributed by atoms with E-state index in [-0.39, 0.29) is 17.9 Å². The Balaban J connectivity index is 1.50. The second-order valence-electron chi connectivity index (χ2n) is 7.34. The number of ether oxygens (including phenoxy) is 1. The van der Waals surface area contributed by atoms with Gasteiger partial charge >= 0.3 is 0 Å². The molecule has 0 aliphatic carbocycles. The van der Waals surface area contributed by atoms with Gasteiger partial charge in [-0.2, -0.15) is 0 Å². The highest BCUT2D eigenvalue weighted by Gasteiger charge is 2.17. The van der Waals surface area contributed by atoms with Crippen LogP contribution >= 0.6 is 11.8 Å². The van der Waals surface area contributed by atoms with Gasteiger partial charge in [0.05, 0.1) is 36.0 Å². The average Bonchev–Trinajstić information content (AvgIpc) is 2.88. The molecule has 8 nitrogen and oxygen atoms in total. The number of hydrogen-bond acceptors (Lipinski definition) is 6. The van der Waals surface area contributed by atoms with Crippen LogP contribution in [0.1, 0.15) is 0 Å². The third-order valence-corrected chi connectivity index (χ3v) is 5.92. The second kappa shape index (κ2) is 10.8. The number of nitrogens with one attached hydrogen (secondary N) is 2. The standard InChI is InChI=1S/C25H21FN4O4S/c1-34-21-9-5-4-8-20(21)30-24(33)18-6-2-3-7-19(18)29-25(30)35-15-23(32)27-14-22(31)28-17-12-10-16(26)11-13-17/h2-13H,14-15H2,1H3,(H,27,32)(H,28,31). The molecule has 35 heavy (non-hydrogen) atoms. The molecule has 0 spiro atoms. The first kappa shape index (κ1) is 24.0. The molecule has 2 N–H and O–H groups in total. The fourth-order valence-corrected chi connectivity index (χ4v) is 4.17. The molecule has 10 heteroatoms. The van der Waals surface area contributed by atoms with Gasteiger partial charge in [-0.05, 0) is 48.5 Å². The number of fused-ring (bicyclic) bond motifs is 1. The van der Waals surface area contributed by atoms with Crippen molar-refractivity contribution in [2.24, 2.45) is 0 Å². The minimum Gasteiger partial charge on any atom is -0.495 e. The molecule has 0 aliphatic heterocycles. The van der Waals surface area contributed by atoms with Gasteiger partial charge in [-0.25, -0.2) is 9.37 Å². The number of rotatable bonds is 8. The summed E-state index contributed by atoms with van der Waals surface area (Å²) in [6.07, 6.45) is 0. The number of thioether (sulfide) groups is 1. The van der Waals surface area contributed by atoms with Crippen LogP contribution in [0.2, 0.25) is 0 Å². The largest absolute Gasteiger partial charge is 0.495 e. The first-order valence-electron chi connectivity index (χ1n) is 10.6. The first-order chi connectivity index (χ1) is 17.0. The predicted molar refractivity (Wildman–Crippen MR) is 133 cm³/mol. The molecule has 4 rings (SSSR count). The Morgan fingerprint density at radius 3 is 2.49 bits per heavy atom. The van der Waals surface area contributed by atoms with E-state index in [1.807, 2.05) is 0 Å². The number of nitrogens with zero attached hydrogens (tertiary/aromatic N) is 2. The molecule has 3 aromatic carbocycles. The highest BCUT2D eigenvalue weighted by Crippen LogP contribution is 2.27. The van der Waals surface area contributed by atoms with Gasteiger partial charge in [-0.15, -0.1) is 0 Å². The van der Waals surface area contributed by atoms with Crippen LogP contribution in [0.15, 0.2) is 82.7 Å². The quantitative estimate of drug-likeness (QED) is 0.289. The zero-order valence-corrected chi connectivity index (χ0v) is 19.5. The maximum absolute atomic E-state index is 13.3. The summed E-state index contributed by atoms with van der Waals surface area (Å²) >= 11 is 1.07. The van der Waals surface area contributed by atoms with Crippen LogP contribution in [0.3, 0.4) is 0 Å². The van der Waals surface area contributed by atoms with Crippen molar-refractivity contribution in [1.29, 1.82) is 0 Å². The molecule has 2 amide bonds. The number of halogens is 1. The van der Waals surface area contributed by atoms with E-state index < -0.39 is 17.6 Å². The van der Waals surface area contributed by atoms with E-state index in [9.17, 15) is 18.8 Å². The SMILES string of the molecule is COc1ccccc1-n1c(SCC(=O)NCC(=O)Nc2ccc(F)cc2)nc2ccccc2c1=O. The highest BCUT2D eigenvalue weighted by molar-refractivity contribution is 7.99. The Labute approximate surface area is 204 Å². The van der Waals surface area contributed by atoms with E-state index in [0.717, 1.165) is 11.8 Å². The molecule has 0 atom stereocenters. The summed E-state index contributed by atoms with van der Waals surface area (Å²) in [4.78, 5) is 42.5. The lowest BCUT2D eigenvalue weighted by Gasteiger charge is -2.15. The van der Waals surface area contributed by atoms with Crippen molar-refractivity contribution < 1.29 is 18.7 Å². The fourth-order valence-electron chi connectivity index (χ4n) is 3.33. The first-order valence-corrected chi connectivity index (χ1v) is 11.5. The van der Waals surface area contributed by atoms with E-state index in [1.165, 1.54) is 35.9 Å². The van der Waals surface area contributed by atoms with Crippen LogP contribution < -0.4 is 20.9 Å². The van der Waals surface area contributed by atoms with Crippen molar-refractivity contribution in [3.05, 3.63) is 89.0 Å². The maximum Gasteiger partial charge on any atom is 0.266 e. The third kappa shape index (κ3) is 5.67. The van der Waals surface area contributed by atoms with E-state index >= 15 is 0 Å². The zero-order chi connectivity index (χ0) is 24.8. The lowest BCUT2D eigenvalue weighted by atomic mass is 10.2. The molecule has 0 unspecified atom stereocenters. The topological polar surface area (TPSA) is 102 Å². The van der Waals surface area contributed by atoms with Gasteiger partial charge in [0.2, 0.25) is 11.8 Å². The molecule has 0 aliphatic rings. The number of aromatic nitrogens is 2. The smallest absolute Gasteiger partial charge is 0.266 e. The third-order valence-electron chi connectivity index (χ3n) is 4.98. The minimum absolute atomic E-state index is 0.0796. The molecular weight excluding hydrogens is 471 g/mol. The fraction of sp³-hybridized carbons (Fsp3) is 0.120. The molecule has 0 radical (unpaired) electrons. The summed E-state index contributed by atoms with van der Waals surface area (Å²) in [5, 5.41) is 5.85. The van der Waals surface area contributed by atoms with E-state index in [1.54, 1.807) is 48.5 Å². The summed E-state index contributed by atoms with van der Waals surface area (Å²) in [7, 11) is 1.51. The summed E-state index contributed by atoms with van der Waals surface area (Å²) in [6, 6.07) is 19.3. The number of amides is 2. The van der Waals surface area contributed by atoms with Gasteiger partial charge in [0.1, 0.15) is 11.6 Å². The number of benzene rings is 3. The van der Waals surface area contributed by atoms with Crippen LogP contribution in [0.5, 0.6) is 5.75 Å². The molecule has 0 bridgehead atoms. The lowest BCUT2D eigenvalue weighted by molar-refractivity contribution is -0.122. The monoisotopic (exact) mass is 492 g/mol. The highest BCUT2D eigenvalue weighted by atomic mass is 32.2. The molecule has 1 aromatic heterocycles. The number of para-hydroxylation sites is 3. The van der Waals surface area contributed by atoms with Crippen molar-refractivity contribution >= 4 is 40.2 Å². The second-order valence-corrected chi connectivity index (χ2v) is 8.29. The Morgan fingerprint density at radius 2 is 1.71 bits per heavy atom. The minimum atomic E-state index is -0.454. The number of methoxy groups -OCH3 is 1. The molecular formula is C25H21FN4O4S. The Bertz CT molecular complexity index is 1440. The molecule has 0 saturated carbocycles. The van der Waals surface area contributed by atoms with Gasteiger partial charge in [-0.1, -0.05) is 36.0 Å². The van der Waals surface area contributed by atoms with Crippen LogP contribution in [0.25, 0.3) is 16.6 Å². The zero-order valence-electron chi connectivity index (χ0n) is 18.7. The lowest BCUT2D eigenvalue weighted by Crippen LogP contribution is -2.34. The van der Waals surface area contributed by atoms with Crippen LogP contribution in [-0.4, -0.2) is 40.8 Å². The van der Waals surface area contributed by atoms with Crippen molar-refractivity contribution in [2.45, 2.75) is 5.16 Å². The molecule has 0 fully saturated rings. The Hall–Kier alpha value is -4.18. The van der Waals surface area contributed by atoms with Crippen LogP contribution in [0, 0.1) is 5.82 Å². The summed E-state index contributed by atoms with van der Waals surface area (Å²) in [5.41, 5.74) is 1.13. The number of carbonyl (C=O) groups excluding carboxylic acids is 2. The van der Waals surface area contributed by atoms with Gasteiger partial charge in [0.15, 0.2) is 5.16 Å². The Kier molecular flexibility index (Phi) is 7.41. The van der Waals surface area contributed by atoms with Crippen LogP contribution in [0.4, 0.5) is 10.1 Å². The van der Waals surface area contributed by atoms with Crippen LogP contribution in [-0.2, 0) is 9.59 Å². The summed E-state index contributed by atoms with van der Waals surface area (Å²) < 4.78 is 19.8. The maximum atomic E-state index is 13.3. The van der Waals surface area contributed by atoms with E-state index in [4.69, 9.17) is 4.74 Å². The molecule has 4 aromatic rings. The average molecular weight is 493 g/mol. The van der Waals surface area contributed by atoms with Gasteiger partial charge in [-0.3, -0.25) is 19.0 Å². The summed E-state index contributed by atoms with van der Waals surface area (Å²) in [6.45, 7) is -0.263. The van der Waals surface area contributed by atoms with Crippen molar-refractivity contribution in [2.75, 3.05) is 24.7 Å². The van der Waals surface area contributed by atoms with Gasteiger partial charge in [0, 0.05) is 5.69 Å². The normalized spacial score (nSPS) is 10.7. The van der Waals surface area contributed by atoms with Crippen molar-refractivity contribution in [1.82, 2.24) is 14.9 Å². The van der Waals surface area contributed by atoms with Crippen molar-refractivity contribution in [3.63, 3.8) is 0 Å². The molecule has 178 valence electrons. The molecule has 1 heterocycles. The van der Waals surface area contributed by atoms with Gasteiger partial charge in [0.25, 0.3) is 5.56 Å². The molecule has 0 saturated heterocycles. The Morgan fingerprint density at radius 1 is 1.00 bits per heavy atom. The van der Waals surface area contributed by atoms with Crippen molar-refractivity contribution in [3.8, 4) is 11.4 Å². The van der Waals surface area contributed by atoms with E-state index in [0.29, 0.717) is 33.2 Å². The van der Waals surface area contributed by atoms with E-state index in [2.05, 4.69) is 15.6 Å². The number of hydrogen-bond donors (Lipinski definition) is 2. The predicted octanol–water partition coefficient (Wildman–Crippen LogP) is 3.38. The number of carbonyl (C=O) groups is 2. The van der Waals surface area contributed by atoms with Gasteiger partial charge < -0.3 is 15.4 Å². The summed E-state index contributed by atoms with van der Waals surface area (Å²) in [5.74, 6) is -0.885.